The molecule has 0 aliphatic carbocycles. The molecule has 1 aliphatic rings. The highest BCUT2D eigenvalue weighted by Gasteiger charge is 2.26. The molecule has 1 saturated heterocycles. The summed E-state index contributed by atoms with van der Waals surface area (Å²) in [4.78, 5) is 16.3. The van der Waals surface area contributed by atoms with Crippen LogP contribution in [0.25, 0.3) is 10.6 Å². The van der Waals surface area contributed by atoms with Gasteiger partial charge in [0.1, 0.15) is 11.4 Å². The van der Waals surface area contributed by atoms with Gasteiger partial charge in [-0.3, -0.25) is 4.79 Å². The highest BCUT2D eigenvalue weighted by Crippen LogP contribution is 2.31. The van der Waals surface area contributed by atoms with Crippen LogP contribution in [0.4, 0.5) is 11.5 Å². The van der Waals surface area contributed by atoms with Crippen LogP contribution in [0.5, 0.6) is 11.5 Å². The number of carbonyl (C=O) groups is 1. The van der Waals surface area contributed by atoms with Crippen LogP contribution >= 0.6 is 11.3 Å². The Morgan fingerprint density at radius 2 is 1.70 bits per heavy atom. The van der Waals surface area contributed by atoms with Crippen LogP contribution in [0.2, 0.25) is 0 Å². The van der Waals surface area contributed by atoms with Gasteiger partial charge in [-0.05, 0) is 60.7 Å². The van der Waals surface area contributed by atoms with E-state index in [2.05, 4.69) is 20.4 Å². The fourth-order valence-corrected chi connectivity index (χ4v) is 4.62. The number of hydrogen-bond acceptors (Lipinski definition) is 6. The summed E-state index contributed by atoms with van der Waals surface area (Å²) in [5.41, 5.74) is 1.57. The largest absolute Gasteiger partial charge is 0.455 e. The molecule has 0 spiro atoms. The Morgan fingerprint density at radius 3 is 2.42 bits per heavy atom. The fraction of sp³-hybridized carbons (Fsp3) is 0.192. The van der Waals surface area contributed by atoms with E-state index in [9.17, 15) is 4.79 Å². The summed E-state index contributed by atoms with van der Waals surface area (Å²) in [6.07, 6.45) is 1.53. The van der Waals surface area contributed by atoms with Crippen molar-refractivity contribution in [1.29, 1.82) is 0 Å². The van der Waals surface area contributed by atoms with Crippen molar-refractivity contribution in [3.63, 3.8) is 0 Å². The van der Waals surface area contributed by atoms with Gasteiger partial charge in [-0.2, -0.15) is 0 Å². The Labute approximate surface area is 196 Å². The lowest BCUT2D eigenvalue weighted by Crippen LogP contribution is -2.38. The van der Waals surface area contributed by atoms with E-state index in [4.69, 9.17) is 4.74 Å². The van der Waals surface area contributed by atoms with E-state index in [1.807, 2.05) is 84.2 Å². The number of para-hydroxylation sites is 3. The first kappa shape index (κ1) is 21.2. The smallest absolute Gasteiger partial charge is 0.227 e. The van der Waals surface area contributed by atoms with E-state index >= 15 is 0 Å². The molecule has 4 aromatic rings. The van der Waals surface area contributed by atoms with Gasteiger partial charge in [0, 0.05) is 19.0 Å². The van der Waals surface area contributed by atoms with Crippen LogP contribution in [-0.2, 0) is 4.79 Å². The Morgan fingerprint density at radius 1 is 0.909 bits per heavy atom. The van der Waals surface area contributed by atoms with Gasteiger partial charge in [0.05, 0.1) is 10.6 Å². The molecule has 1 fully saturated rings. The second-order valence-electron chi connectivity index (χ2n) is 7.92. The third-order valence-electron chi connectivity index (χ3n) is 5.73. The zero-order chi connectivity index (χ0) is 22.5. The second-order valence-corrected chi connectivity index (χ2v) is 8.86. The number of aromatic nitrogens is 2. The molecule has 5 rings (SSSR count). The number of hydrogen-bond donors (Lipinski definition) is 1. The minimum Gasteiger partial charge on any atom is -0.455 e. The van der Waals surface area contributed by atoms with Crippen LogP contribution in [0.1, 0.15) is 12.8 Å². The van der Waals surface area contributed by atoms with Gasteiger partial charge in [0.2, 0.25) is 5.91 Å². The fourth-order valence-electron chi connectivity index (χ4n) is 3.93. The molecule has 2 aromatic carbocycles. The number of anilines is 2. The number of amides is 1. The first-order valence-corrected chi connectivity index (χ1v) is 11.9. The summed E-state index contributed by atoms with van der Waals surface area (Å²) in [5.74, 6) is 2.20. The van der Waals surface area contributed by atoms with Crippen molar-refractivity contribution >= 4 is 28.7 Å². The van der Waals surface area contributed by atoms with Crippen LogP contribution in [0.15, 0.2) is 84.2 Å². The number of carbonyl (C=O) groups excluding carboxylic acids is 1. The van der Waals surface area contributed by atoms with Gasteiger partial charge in [0.25, 0.3) is 0 Å². The third kappa shape index (κ3) is 5.04. The van der Waals surface area contributed by atoms with Crippen molar-refractivity contribution in [3.05, 3.63) is 84.2 Å². The number of rotatable bonds is 6. The Balaban J connectivity index is 1.19. The van der Waals surface area contributed by atoms with Crippen molar-refractivity contribution in [2.24, 2.45) is 5.92 Å². The Bertz CT molecular complexity index is 1190. The van der Waals surface area contributed by atoms with Crippen molar-refractivity contribution in [1.82, 2.24) is 10.2 Å². The van der Waals surface area contributed by atoms with Crippen LogP contribution in [-0.4, -0.2) is 29.2 Å². The summed E-state index contributed by atoms with van der Waals surface area (Å²) in [5, 5.41) is 13.9. The molecular formula is C26H24N4O2S. The number of piperidine rings is 1. The molecule has 7 heteroatoms. The van der Waals surface area contributed by atoms with E-state index in [0.29, 0.717) is 11.4 Å². The van der Waals surface area contributed by atoms with Gasteiger partial charge < -0.3 is 15.0 Å². The number of ether oxygens (including phenoxy) is 1. The van der Waals surface area contributed by atoms with Gasteiger partial charge in [-0.25, -0.2) is 0 Å². The van der Waals surface area contributed by atoms with E-state index in [1.54, 1.807) is 11.3 Å². The Hall–Kier alpha value is -3.71. The summed E-state index contributed by atoms with van der Waals surface area (Å²) in [6, 6.07) is 25.2. The van der Waals surface area contributed by atoms with Crippen molar-refractivity contribution in [2.75, 3.05) is 23.3 Å². The lowest BCUT2D eigenvalue weighted by atomic mass is 9.95. The van der Waals surface area contributed by atoms with Gasteiger partial charge >= 0.3 is 0 Å². The lowest BCUT2D eigenvalue weighted by molar-refractivity contribution is -0.120. The average molecular weight is 457 g/mol. The maximum absolute atomic E-state index is 13.0. The molecule has 0 atom stereocenters. The average Bonchev–Trinajstić information content (AvgIpc) is 3.41. The second kappa shape index (κ2) is 9.83. The van der Waals surface area contributed by atoms with Gasteiger partial charge in [-0.15, -0.1) is 21.5 Å². The molecule has 6 nitrogen and oxygen atoms in total. The highest BCUT2D eigenvalue weighted by atomic mass is 32.1. The first-order valence-electron chi connectivity index (χ1n) is 11.0. The number of nitrogens with zero attached hydrogens (tertiary/aromatic N) is 3. The molecule has 2 aromatic heterocycles. The molecule has 3 heterocycles. The molecule has 1 N–H and O–H groups in total. The van der Waals surface area contributed by atoms with E-state index in [0.717, 1.165) is 48.1 Å². The maximum atomic E-state index is 13.0. The third-order valence-corrected chi connectivity index (χ3v) is 6.62. The molecule has 0 unspecified atom stereocenters. The quantitative estimate of drug-likeness (QED) is 0.394. The highest BCUT2D eigenvalue weighted by molar-refractivity contribution is 7.13. The van der Waals surface area contributed by atoms with Crippen LogP contribution in [0.3, 0.4) is 0 Å². The van der Waals surface area contributed by atoms with Crippen molar-refractivity contribution in [3.8, 4) is 22.1 Å². The van der Waals surface area contributed by atoms with Crippen molar-refractivity contribution in [2.45, 2.75) is 12.8 Å². The normalized spacial score (nSPS) is 14.1. The number of benzene rings is 2. The molecule has 1 aliphatic heterocycles. The van der Waals surface area contributed by atoms with Gasteiger partial charge in [0.15, 0.2) is 11.6 Å². The topological polar surface area (TPSA) is 67.3 Å². The number of thiophene rings is 1. The van der Waals surface area contributed by atoms with E-state index in [-0.39, 0.29) is 11.8 Å². The monoisotopic (exact) mass is 456 g/mol. The predicted molar refractivity (Wildman–Crippen MR) is 132 cm³/mol. The predicted octanol–water partition coefficient (Wildman–Crippen LogP) is 5.85. The molecule has 33 heavy (non-hydrogen) atoms. The van der Waals surface area contributed by atoms with Crippen LogP contribution in [0, 0.1) is 5.92 Å². The molecule has 0 saturated carbocycles. The molecule has 0 radical (unpaired) electrons. The van der Waals surface area contributed by atoms with E-state index < -0.39 is 0 Å². The molecule has 0 bridgehead atoms. The molecular weight excluding hydrogens is 432 g/mol. The number of nitrogens with one attached hydrogen (secondary N) is 1. The maximum Gasteiger partial charge on any atom is 0.227 e. The minimum absolute atomic E-state index is 0.0258. The summed E-state index contributed by atoms with van der Waals surface area (Å²) in [6.45, 7) is 1.54. The summed E-state index contributed by atoms with van der Waals surface area (Å²) < 4.78 is 5.97. The van der Waals surface area contributed by atoms with Gasteiger partial charge in [-0.1, -0.05) is 36.4 Å². The molecule has 1 amide bonds. The standard InChI is InChI=1S/C26H24N4O2S/c31-26(27-21-9-4-5-10-23(21)32-20-7-2-1-3-8-20)19-14-16-30(17-15-19)25-13-12-22(28-29-25)24-11-6-18-33-24/h1-13,18-19H,14-17H2,(H,27,31). The van der Waals surface area contributed by atoms with Crippen LogP contribution < -0.4 is 15.0 Å². The minimum atomic E-state index is -0.0515. The summed E-state index contributed by atoms with van der Waals surface area (Å²) in [7, 11) is 0. The van der Waals surface area contributed by atoms with E-state index in [1.165, 1.54) is 0 Å². The lowest BCUT2D eigenvalue weighted by Gasteiger charge is -2.31. The zero-order valence-electron chi connectivity index (χ0n) is 18.1. The summed E-state index contributed by atoms with van der Waals surface area (Å²) >= 11 is 1.65. The Kier molecular flexibility index (Phi) is 6.30. The van der Waals surface area contributed by atoms with Crippen molar-refractivity contribution < 1.29 is 9.53 Å². The first-order chi connectivity index (χ1) is 16.3. The molecule has 166 valence electrons. The zero-order valence-corrected chi connectivity index (χ0v) is 18.9. The SMILES string of the molecule is O=C(Nc1ccccc1Oc1ccccc1)C1CCN(c2ccc(-c3cccs3)nn2)CC1.